The van der Waals surface area contributed by atoms with E-state index in [0.717, 1.165) is 42.4 Å². The number of piperidine rings is 1. The molecule has 1 heterocycles. The highest BCUT2D eigenvalue weighted by molar-refractivity contribution is 6.02. The van der Waals surface area contributed by atoms with E-state index in [1.54, 1.807) is 0 Å². The van der Waals surface area contributed by atoms with E-state index in [9.17, 15) is 9.59 Å². The van der Waals surface area contributed by atoms with Crippen LogP contribution in [0.15, 0.2) is 72.8 Å². The number of nitrogens with one attached hydrogen (secondary N) is 2. The minimum absolute atomic E-state index is 0.00637. The first-order valence-corrected chi connectivity index (χ1v) is 10.0. The van der Waals surface area contributed by atoms with E-state index in [4.69, 9.17) is 0 Å². The van der Waals surface area contributed by atoms with Gasteiger partial charge in [0.1, 0.15) is 0 Å². The van der Waals surface area contributed by atoms with Crippen LogP contribution in [0.3, 0.4) is 0 Å². The molecular formula is C24H25N3O2. The molecule has 0 saturated carbocycles. The molecule has 0 spiro atoms. The monoisotopic (exact) mass is 387 g/mol. The Morgan fingerprint density at radius 3 is 2.34 bits per heavy atom. The molecule has 1 aliphatic rings. The third-order valence-electron chi connectivity index (χ3n) is 5.39. The van der Waals surface area contributed by atoms with E-state index < -0.39 is 0 Å². The van der Waals surface area contributed by atoms with Crippen LogP contribution in [-0.2, 0) is 4.79 Å². The van der Waals surface area contributed by atoms with Crippen LogP contribution in [0.4, 0.5) is 5.69 Å². The molecule has 0 bridgehead atoms. The lowest BCUT2D eigenvalue weighted by Gasteiger charge is -2.31. The molecule has 29 heavy (non-hydrogen) atoms. The Morgan fingerprint density at radius 2 is 1.55 bits per heavy atom. The van der Waals surface area contributed by atoms with Crippen LogP contribution in [-0.4, -0.2) is 42.4 Å². The molecule has 0 radical (unpaired) electrons. The van der Waals surface area contributed by atoms with Gasteiger partial charge in [0, 0.05) is 35.8 Å². The summed E-state index contributed by atoms with van der Waals surface area (Å²) >= 11 is 0. The van der Waals surface area contributed by atoms with Gasteiger partial charge in [-0.25, -0.2) is 0 Å². The lowest BCUT2D eigenvalue weighted by molar-refractivity contribution is -0.117. The summed E-state index contributed by atoms with van der Waals surface area (Å²) in [4.78, 5) is 27.0. The lowest BCUT2D eigenvalue weighted by atomic mass is 10.0. The van der Waals surface area contributed by atoms with Crippen molar-refractivity contribution in [2.75, 3.05) is 25.0 Å². The molecule has 5 heteroatoms. The maximum absolute atomic E-state index is 12.5. The molecule has 1 fully saturated rings. The summed E-state index contributed by atoms with van der Waals surface area (Å²) in [6.07, 6.45) is 1.69. The SMILES string of the molecule is O=C(CN1CCC(NC(=O)c2ccccc2)CC1)Nc1cccc2ccccc12. The fourth-order valence-electron chi connectivity index (χ4n) is 3.82. The molecule has 148 valence electrons. The third kappa shape index (κ3) is 4.81. The third-order valence-corrected chi connectivity index (χ3v) is 5.39. The van der Waals surface area contributed by atoms with Gasteiger partial charge >= 0.3 is 0 Å². The standard InChI is InChI=1S/C24H25N3O2/c28-23(26-22-12-6-10-18-7-4-5-11-21(18)22)17-27-15-13-20(14-16-27)25-24(29)19-8-2-1-3-9-19/h1-12,20H,13-17H2,(H,25,29)(H,26,28). The molecule has 0 unspecified atom stereocenters. The van der Waals surface area contributed by atoms with Crippen LogP contribution in [0.2, 0.25) is 0 Å². The molecule has 5 nitrogen and oxygen atoms in total. The van der Waals surface area contributed by atoms with Gasteiger partial charge in [-0.2, -0.15) is 0 Å². The summed E-state index contributed by atoms with van der Waals surface area (Å²) in [6.45, 7) is 1.95. The van der Waals surface area contributed by atoms with Gasteiger partial charge in [-0.1, -0.05) is 54.6 Å². The number of hydrogen-bond donors (Lipinski definition) is 2. The fourth-order valence-corrected chi connectivity index (χ4v) is 3.82. The molecular weight excluding hydrogens is 362 g/mol. The van der Waals surface area contributed by atoms with Crippen molar-refractivity contribution >= 4 is 28.3 Å². The first kappa shape index (κ1) is 19.2. The quantitative estimate of drug-likeness (QED) is 0.702. The minimum Gasteiger partial charge on any atom is -0.349 e. The normalized spacial score (nSPS) is 15.2. The zero-order chi connectivity index (χ0) is 20.1. The summed E-state index contributed by atoms with van der Waals surface area (Å²) in [5.74, 6) is -0.0362. The molecule has 1 saturated heterocycles. The highest BCUT2D eigenvalue weighted by Gasteiger charge is 2.22. The highest BCUT2D eigenvalue weighted by atomic mass is 16.2. The first-order valence-electron chi connectivity index (χ1n) is 10.0. The van der Waals surface area contributed by atoms with Crippen molar-refractivity contribution in [3.05, 3.63) is 78.4 Å². The molecule has 0 aliphatic carbocycles. The number of nitrogens with zero attached hydrogens (tertiary/aromatic N) is 1. The predicted octanol–water partition coefficient (Wildman–Crippen LogP) is 3.67. The van der Waals surface area contributed by atoms with Crippen LogP contribution in [0.25, 0.3) is 10.8 Å². The molecule has 4 rings (SSSR count). The van der Waals surface area contributed by atoms with Crippen molar-refractivity contribution in [2.45, 2.75) is 18.9 Å². The van der Waals surface area contributed by atoms with Crippen LogP contribution < -0.4 is 10.6 Å². The number of benzene rings is 3. The van der Waals surface area contributed by atoms with Gasteiger partial charge in [0.2, 0.25) is 5.91 Å². The Hall–Kier alpha value is -3.18. The number of likely N-dealkylation sites (tertiary alicyclic amines) is 1. The van der Waals surface area contributed by atoms with Crippen molar-refractivity contribution in [2.24, 2.45) is 0 Å². The molecule has 3 aromatic rings. The number of amides is 2. The van der Waals surface area contributed by atoms with Gasteiger partial charge < -0.3 is 10.6 Å². The second-order valence-corrected chi connectivity index (χ2v) is 7.46. The number of fused-ring (bicyclic) bond motifs is 1. The molecule has 0 aromatic heterocycles. The predicted molar refractivity (Wildman–Crippen MR) is 116 cm³/mol. The summed E-state index contributed by atoms with van der Waals surface area (Å²) in [5, 5.41) is 8.31. The summed E-state index contributed by atoms with van der Waals surface area (Å²) < 4.78 is 0. The van der Waals surface area contributed by atoms with Crippen LogP contribution in [0.5, 0.6) is 0 Å². The van der Waals surface area contributed by atoms with E-state index in [-0.39, 0.29) is 17.9 Å². The maximum atomic E-state index is 12.5. The highest BCUT2D eigenvalue weighted by Crippen LogP contribution is 2.23. The molecule has 3 aromatic carbocycles. The van der Waals surface area contributed by atoms with Crippen molar-refractivity contribution in [1.82, 2.24) is 10.2 Å². The number of hydrogen-bond acceptors (Lipinski definition) is 3. The minimum atomic E-state index is -0.0299. The second-order valence-electron chi connectivity index (χ2n) is 7.46. The number of anilines is 1. The van der Waals surface area contributed by atoms with E-state index in [0.29, 0.717) is 12.1 Å². The fraction of sp³-hybridized carbons (Fsp3) is 0.250. The largest absolute Gasteiger partial charge is 0.349 e. The topological polar surface area (TPSA) is 61.4 Å². The van der Waals surface area contributed by atoms with E-state index in [1.165, 1.54) is 0 Å². The van der Waals surface area contributed by atoms with Gasteiger partial charge in [0.05, 0.1) is 6.54 Å². The zero-order valence-electron chi connectivity index (χ0n) is 16.3. The van der Waals surface area contributed by atoms with Crippen molar-refractivity contribution in [1.29, 1.82) is 0 Å². The van der Waals surface area contributed by atoms with E-state index >= 15 is 0 Å². The first-order chi connectivity index (χ1) is 14.2. The second kappa shape index (κ2) is 8.88. The Balaban J connectivity index is 1.27. The summed E-state index contributed by atoms with van der Waals surface area (Å²) in [5.41, 5.74) is 1.53. The van der Waals surface area contributed by atoms with Crippen molar-refractivity contribution in [3.8, 4) is 0 Å². The van der Waals surface area contributed by atoms with Gasteiger partial charge in [0.25, 0.3) is 5.91 Å². The van der Waals surface area contributed by atoms with Crippen LogP contribution in [0.1, 0.15) is 23.2 Å². The summed E-state index contributed by atoms with van der Waals surface area (Å²) in [6, 6.07) is 23.4. The maximum Gasteiger partial charge on any atom is 0.251 e. The average Bonchev–Trinajstić information content (AvgIpc) is 2.76. The van der Waals surface area contributed by atoms with E-state index in [1.807, 2.05) is 72.8 Å². The molecule has 1 aliphatic heterocycles. The molecule has 0 atom stereocenters. The number of carbonyl (C=O) groups is 2. The lowest BCUT2D eigenvalue weighted by Crippen LogP contribution is -2.46. The van der Waals surface area contributed by atoms with Gasteiger partial charge in [-0.3, -0.25) is 14.5 Å². The molecule has 2 amide bonds. The Bertz CT molecular complexity index is 990. The zero-order valence-corrected chi connectivity index (χ0v) is 16.3. The van der Waals surface area contributed by atoms with Crippen LogP contribution in [0, 0.1) is 0 Å². The Kier molecular flexibility index (Phi) is 5.86. The number of carbonyl (C=O) groups excluding carboxylic acids is 2. The average molecular weight is 387 g/mol. The summed E-state index contributed by atoms with van der Waals surface area (Å²) in [7, 11) is 0. The number of rotatable bonds is 5. The Labute approximate surface area is 170 Å². The van der Waals surface area contributed by atoms with Gasteiger partial charge in [-0.05, 0) is 36.4 Å². The van der Waals surface area contributed by atoms with E-state index in [2.05, 4.69) is 15.5 Å². The van der Waals surface area contributed by atoms with Crippen LogP contribution >= 0.6 is 0 Å². The van der Waals surface area contributed by atoms with Crippen molar-refractivity contribution in [3.63, 3.8) is 0 Å². The Morgan fingerprint density at radius 1 is 0.862 bits per heavy atom. The smallest absolute Gasteiger partial charge is 0.251 e. The van der Waals surface area contributed by atoms with Gasteiger partial charge in [-0.15, -0.1) is 0 Å². The molecule has 2 N–H and O–H groups in total. The van der Waals surface area contributed by atoms with Gasteiger partial charge in [0.15, 0.2) is 0 Å². The van der Waals surface area contributed by atoms with Crippen molar-refractivity contribution < 1.29 is 9.59 Å².